The number of aliphatic hydroxyl groups is 5. The number of nitrogens with one attached hydrogen (secondary N) is 4. The molecule has 0 aromatic heterocycles. The van der Waals surface area contributed by atoms with Crippen molar-refractivity contribution in [2.45, 2.75) is 303 Å². The number of rotatable bonds is 20. The van der Waals surface area contributed by atoms with E-state index in [2.05, 4.69) is 114 Å². The van der Waals surface area contributed by atoms with E-state index in [0.717, 1.165) is 70.5 Å². The molecular formula is C55H124N6O7. The van der Waals surface area contributed by atoms with Gasteiger partial charge in [0.25, 0.3) is 0 Å². The standard InChI is InChI=1S/C11H24N2O2.C10H21NO2.3C10H21NO.4CH4/c1-6-7-12-10(15)9(8(2)14)13-11(3,4)5;1-4-9(12)10(13)6-5-7-11-8(2)3;1-5-10(4)6-9(12)7-11(10)8(2)3;1-4-8-5-9(10(12)6-8)11-7(2)3;1-4-10(12)9-5-6-11(7-9)8(2)3;;;;/h8-9,13-14H,6-7H2,1-5H3,(H,12,15);8-9,11-12H,4-7H2,1-3H3;8-9,12H,5-7H2,1-4H3;7-12H,4-6H2,1-3H3;8-10,12H,4-7H2,1-3H3;4*1H4/t8-,9+;;9-,10-;;;;;;/m1.1....../s1. The van der Waals surface area contributed by atoms with E-state index in [-0.39, 0.29) is 70.8 Å². The predicted octanol–water partition coefficient (Wildman–Crippen LogP) is 8.95. The zero-order valence-corrected chi connectivity index (χ0v) is 44.8. The van der Waals surface area contributed by atoms with Gasteiger partial charge in [-0.25, -0.2) is 0 Å². The third kappa shape index (κ3) is 34.2. The zero-order valence-electron chi connectivity index (χ0n) is 44.8. The number of Topliss-reactive ketones (excluding diaryl/α,β-unsaturated/α-hetero) is 1. The first-order valence-electron chi connectivity index (χ1n) is 25.6. The summed E-state index contributed by atoms with van der Waals surface area (Å²) in [5.74, 6) is 1.09. The van der Waals surface area contributed by atoms with Crippen molar-refractivity contribution in [2.24, 2.45) is 11.8 Å². The summed E-state index contributed by atoms with van der Waals surface area (Å²) in [5.41, 5.74) is 0.0405. The lowest BCUT2D eigenvalue weighted by Crippen LogP contribution is -2.56. The third-order valence-electron chi connectivity index (χ3n) is 12.7. The average molecular weight is 982 g/mol. The van der Waals surface area contributed by atoms with Crippen LogP contribution in [0.25, 0.3) is 0 Å². The summed E-state index contributed by atoms with van der Waals surface area (Å²) in [6, 6.07) is 1.93. The molecule has 2 saturated heterocycles. The van der Waals surface area contributed by atoms with Gasteiger partial charge in [-0.05, 0) is 145 Å². The van der Waals surface area contributed by atoms with Gasteiger partial charge in [0.05, 0.1) is 24.4 Å². The van der Waals surface area contributed by atoms with Gasteiger partial charge in [-0.15, -0.1) is 0 Å². The predicted molar refractivity (Wildman–Crippen MR) is 296 cm³/mol. The van der Waals surface area contributed by atoms with Gasteiger partial charge >= 0.3 is 0 Å². The van der Waals surface area contributed by atoms with Crippen LogP contribution < -0.4 is 21.3 Å². The fourth-order valence-corrected chi connectivity index (χ4v) is 8.59. The average Bonchev–Trinajstić information content (AvgIpc) is 3.94. The Morgan fingerprint density at radius 2 is 1.35 bits per heavy atom. The first kappa shape index (κ1) is 78.2. The highest BCUT2D eigenvalue weighted by Crippen LogP contribution is 2.33. The van der Waals surface area contributed by atoms with E-state index in [0.29, 0.717) is 55.5 Å². The monoisotopic (exact) mass is 981 g/mol. The molecule has 1 amide bonds. The molecule has 0 bridgehead atoms. The van der Waals surface area contributed by atoms with Gasteiger partial charge in [-0.3, -0.25) is 19.8 Å². The molecule has 416 valence electrons. The number of ketones is 1. The highest BCUT2D eigenvalue weighted by Gasteiger charge is 2.41. The lowest BCUT2D eigenvalue weighted by Gasteiger charge is -2.37. The molecule has 1 saturated carbocycles. The van der Waals surface area contributed by atoms with Crippen molar-refractivity contribution in [3.8, 4) is 0 Å². The molecule has 3 rings (SSSR count). The Bertz CT molecular complexity index is 1180. The fourth-order valence-electron chi connectivity index (χ4n) is 8.59. The summed E-state index contributed by atoms with van der Waals surface area (Å²) in [6.07, 6.45) is 8.44. The van der Waals surface area contributed by atoms with Gasteiger partial charge in [0.15, 0.2) is 5.78 Å². The zero-order chi connectivity index (χ0) is 50.0. The quantitative estimate of drug-likeness (QED) is 0.0528. The van der Waals surface area contributed by atoms with E-state index in [9.17, 15) is 30.0 Å². The fraction of sp³-hybridized carbons (Fsp3) is 0.964. The molecule has 0 aromatic carbocycles. The lowest BCUT2D eigenvalue weighted by atomic mass is 9.94. The second kappa shape index (κ2) is 41.2. The lowest BCUT2D eigenvalue weighted by molar-refractivity contribution is -0.127. The van der Waals surface area contributed by atoms with Crippen LogP contribution in [0.15, 0.2) is 0 Å². The SMILES string of the molecule is C.C.C.C.CCC(O)C(=O)CCCNC(C)C.CCC(O)C1CCN(C(C)C)C1.CCC1CC(O)C(NC(C)C)C1.CCCNC(=O)[C@@H](NC(C)(C)C)[C@@H](C)O.CC[C@]1(C)C[C@@H](O)CN1C(C)C. The number of hydrogen-bond donors (Lipinski definition) is 9. The minimum Gasteiger partial charge on any atom is -0.393 e. The molecule has 68 heavy (non-hydrogen) atoms. The topological polar surface area (TPSA) is 190 Å². The molecule has 0 aromatic rings. The van der Waals surface area contributed by atoms with Gasteiger partial charge in [-0.1, -0.05) is 98.4 Å². The maximum atomic E-state index is 11.7. The Balaban J connectivity index is -0.000000174. The van der Waals surface area contributed by atoms with Crippen LogP contribution in [0.4, 0.5) is 0 Å². The van der Waals surface area contributed by atoms with E-state index in [1.165, 1.54) is 19.4 Å². The summed E-state index contributed by atoms with van der Waals surface area (Å²) in [6.45, 7) is 41.9. The minimum atomic E-state index is -0.751. The van der Waals surface area contributed by atoms with Crippen LogP contribution >= 0.6 is 0 Å². The van der Waals surface area contributed by atoms with Gasteiger partial charge < -0.3 is 46.4 Å². The van der Waals surface area contributed by atoms with Crippen LogP contribution in [-0.2, 0) is 9.59 Å². The largest absolute Gasteiger partial charge is 0.393 e. The molecule has 2 aliphatic heterocycles. The summed E-state index contributed by atoms with van der Waals surface area (Å²) < 4.78 is 0. The molecule has 3 fully saturated rings. The number of carbonyl (C=O) groups excluding carboxylic acids is 2. The maximum absolute atomic E-state index is 11.7. The second-order valence-electron chi connectivity index (χ2n) is 21.3. The molecule has 10 atom stereocenters. The van der Waals surface area contributed by atoms with Crippen molar-refractivity contribution < 1.29 is 35.1 Å². The van der Waals surface area contributed by atoms with Crippen LogP contribution in [0.2, 0.25) is 0 Å². The van der Waals surface area contributed by atoms with Crippen molar-refractivity contribution in [3.05, 3.63) is 0 Å². The van der Waals surface area contributed by atoms with Gasteiger partial charge in [0.1, 0.15) is 12.1 Å². The Morgan fingerprint density at radius 3 is 1.72 bits per heavy atom. The number of amides is 1. The molecular weight excluding hydrogens is 857 g/mol. The minimum absolute atomic E-state index is 0. The van der Waals surface area contributed by atoms with Crippen LogP contribution in [0, 0.1) is 11.8 Å². The van der Waals surface area contributed by atoms with Crippen LogP contribution in [0.5, 0.6) is 0 Å². The Labute approximate surface area is 423 Å². The summed E-state index contributed by atoms with van der Waals surface area (Å²) >= 11 is 0. The Morgan fingerprint density at radius 1 is 0.779 bits per heavy atom. The van der Waals surface area contributed by atoms with Gasteiger partial charge in [0.2, 0.25) is 5.91 Å². The maximum Gasteiger partial charge on any atom is 0.239 e. The highest BCUT2D eigenvalue weighted by atomic mass is 16.3. The van der Waals surface area contributed by atoms with Crippen molar-refractivity contribution in [1.29, 1.82) is 0 Å². The molecule has 13 nitrogen and oxygen atoms in total. The number of likely N-dealkylation sites (tertiary alicyclic amines) is 2. The number of β-amino-alcohol motifs (C(OH)–C–C–N with tert-alkyl or cyclic N) is 1. The highest BCUT2D eigenvalue weighted by molar-refractivity contribution is 5.82. The number of carbonyl (C=O) groups is 2. The Kier molecular flexibility index (Phi) is 47.4. The van der Waals surface area contributed by atoms with Crippen molar-refractivity contribution in [1.82, 2.24) is 31.1 Å². The number of aliphatic hydroxyl groups excluding tert-OH is 5. The van der Waals surface area contributed by atoms with E-state index in [4.69, 9.17) is 5.11 Å². The molecule has 0 radical (unpaired) electrons. The summed E-state index contributed by atoms with van der Waals surface area (Å²) in [7, 11) is 0. The van der Waals surface area contributed by atoms with Crippen molar-refractivity contribution >= 4 is 11.7 Å². The molecule has 9 N–H and O–H groups in total. The molecule has 1 aliphatic carbocycles. The van der Waals surface area contributed by atoms with E-state index in [1.807, 2.05) is 34.6 Å². The molecule has 3 aliphatic rings. The van der Waals surface area contributed by atoms with Crippen LogP contribution in [-0.4, -0.2) is 158 Å². The van der Waals surface area contributed by atoms with E-state index < -0.39 is 18.2 Å². The number of hydrogen-bond acceptors (Lipinski definition) is 12. The number of nitrogens with zero attached hydrogens (tertiary/aromatic N) is 2. The summed E-state index contributed by atoms with van der Waals surface area (Å²) in [4.78, 5) is 27.7. The summed E-state index contributed by atoms with van der Waals surface area (Å²) in [5, 5.41) is 60.1. The molecule has 6 unspecified atom stereocenters. The van der Waals surface area contributed by atoms with Gasteiger partial charge in [-0.2, -0.15) is 0 Å². The third-order valence-corrected chi connectivity index (χ3v) is 12.7. The molecule has 0 spiro atoms. The van der Waals surface area contributed by atoms with Gasteiger partial charge in [0, 0.05) is 67.3 Å². The van der Waals surface area contributed by atoms with Crippen molar-refractivity contribution in [3.63, 3.8) is 0 Å². The smallest absolute Gasteiger partial charge is 0.239 e. The Hall–Kier alpha value is -1.26. The molecule has 13 heteroatoms. The van der Waals surface area contributed by atoms with Crippen molar-refractivity contribution in [2.75, 3.05) is 32.7 Å². The normalized spacial score (nSPS) is 24.1. The van der Waals surface area contributed by atoms with E-state index in [1.54, 1.807) is 6.92 Å². The first-order valence-corrected chi connectivity index (χ1v) is 25.6. The van der Waals surface area contributed by atoms with E-state index >= 15 is 0 Å². The van der Waals surface area contributed by atoms with Crippen LogP contribution in [0.3, 0.4) is 0 Å². The first-order chi connectivity index (χ1) is 29.6. The molecule has 2 heterocycles. The van der Waals surface area contributed by atoms with Crippen LogP contribution in [0.1, 0.15) is 225 Å². The second-order valence-corrected chi connectivity index (χ2v) is 21.3.